The van der Waals surface area contributed by atoms with E-state index in [1.807, 2.05) is 46.8 Å². The molecule has 0 unspecified atom stereocenters. The van der Waals surface area contributed by atoms with Crippen LogP contribution in [0.25, 0.3) is 11.2 Å². The number of pyridine rings is 1. The topological polar surface area (TPSA) is 98.0 Å². The molecular formula is C24H31N5O3. The summed E-state index contributed by atoms with van der Waals surface area (Å²) >= 11 is 0. The molecule has 0 radical (unpaired) electrons. The fourth-order valence-electron chi connectivity index (χ4n) is 3.90. The number of aromatic nitrogens is 3. The molecule has 0 saturated carbocycles. The largest absolute Gasteiger partial charge is 0.350 e. The molecule has 3 rings (SSSR count). The number of benzene rings is 1. The van der Waals surface area contributed by atoms with Crippen molar-refractivity contribution in [3.8, 4) is 0 Å². The Morgan fingerprint density at radius 3 is 2.38 bits per heavy atom. The Morgan fingerprint density at radius 2 is 1.69 bits per heavy atom. The van der Waals surface area contributed by atoms with Gasteiger partial charge in [-0.15, -0.1) is 0 Å². The molecule has 1 aromatic carbocycles. The van der Waals surface area contributed by atoms with Crippen LogP contribution < -0.4 is 16.3 Å². The molecule has 2 aromatic heterocycles. The molecule has 170 valence electrons. The summed E-state index contributed by atoms with van der Waals surface area (Å²) in [4.78, 5) is 41.7. The maximum Gasteiger partial charge on any atom is 0.330 e. The van der Waals surface area contributed by atoms with Crippen LogP contribution in [0.5, 0.6) is 0 Å². The Bertz CT molecular complexity index is 1210. The molecule has 0 aliphatic heterocycles. The summed E-state index contributed by atoms with van der Waals surface area (Å²) in [6.45, 7) is 10.8. The van der Waals surface area contributed by atoms with Crippen molar-refractivity contribution >= 4 is 28.8 Å². The third-order valence-corrected chi connectivity index (χ3v) is 5.62. The molecule has 0 aliphatic rings. The molecule has 0 saturated heterocycles. The van der Waals surface area contributed by atoms with Gasteiger partial charge in [-0.1, -0.05) is 23.8 Å². The number of imidazole rings is 1. The number of amides is 2. The molecule has 8 heteroatoms. The van der Waals surface area contributed by atoms with Gasteiger partial charge in [-0.2, -0.15) is 0 Å². The first kappa shape index (κ1) is 23.2. The minimum Gasteiger partial charge on any atom is -0.350 e. The van der Waals surface area contributed by atoms with Crippen LogP contribution in [-0.2, 0) is 22.7 Å². The third-order valence-electron chi connectivity index (χ3n) is 5.62. The first-order valence-corrected chi connectivity index (χ1v) is 11.0. The van der Waals surface area contributed by atoms with Crippen LogP contribution >= 0.6 is 0 Å². The van der Waals surface area contributed by atoms with Crippen LogP contribution in [0, 0.1) is 13.8 Å². The Kier molecular flexibility index (Phi) is 7.12. The molecule has 1 atom stereocenters. The van der Waals surface area contributed by atoms with Crippen LogP contribution in [0.1, 0.15) is 56.3 Å². The van der Waals surface area contributed by atoms with E-state index >= 15 is 0 Å². The lowest BCUT2D eigenvalue weighted by molar-refractivity contribution is -0.124. The smallest absolute Gasteiger partial charge is 0.330 e. The summed E-state index contributed by atoms with van der Waals surface area (Å²) in [5.74, 6) is -0.120. The van der Waals surface area contributed by atoms with E-state index in [0.717, 1.165) is 22.2 Å². The maximum atomic E-state index is 12.4. The fourth-order valence-corrected chi connectivity index (χ4v) is 3.90. The number of carbonyl (C=O) groups excluding carboxylic acids is 2. The van der Waals surface area contributed by atoms with Crippen molar-refractivity contribution in [3.05, 3.63) is 57.5 Å². The van der Waals surface area contributed by atoms with E-state index in [2.05, 4.69) is 21.7 Å². The van der Waals surface area contributed by atoms with Gasteiger partial charge < -0.3 is 10.6 Å². The molecule has 0 spiro atoms. The number of hydrogen-bond acceptors (Lipinski definition) is 4. The first-order valence-electron chi connectivity index (χ1n) is 11.0. The van der Waals surface area contributed by atoms with Crippen molar-refractivity contribution in [1.29, 1.82) is 0 Å². The van der Waals surface area contributed by atoms with Crippen molar-refractivity contribution in [1.82, 2.24) is 19.4 Å². The van der Waals surface area contributed by atoms with Crippen molar-refractivity contribution in [2.45, 2.75) is 66.6 Å². The monoisotopic (exact) mass is 437 g/mol. The number of carbonyl (C=O) groups is 2. The maximum absolute atomic E-state index is 12.4. The minimum atomic E-state index is -0.299. The highest BCUT2D eigenvalue weighted by Gasteiger charge is 2.16. The van der Waals surface area contributed by atoms with Gasteiger partial charge in [0.15, 0.2) is 5.65 Å². The molecule has 0 fully saturated rings. The highest BCUT2D eigenvalue weighted by molar-refractivity contribution is 5.93. The van der Waals surface area contributed by atoms with E-state index in [1.54, 1.807) is 21.3 Å². The average molecular weight is 438 g/mol. The predicted octanol–water partition coefficient (Wildman–Crippen LogP) is 3.45. The summed E-state index contributed by atoms with van der Waals surface area (Å²) in [6, 6.07) is 9.47. The summed E-state index contributed by atoms with van der Waals surface area (Å²) in [5, 5.41) is 5.70. The van der Waals surface area contributed by atoms with E-state index in [9.17, 15) is 14.4 Å². The second kappa shape index (κ2) is 9.80. The molecule has 8 nitrogen and oxygen atoms in total. The van der Waals surface area contributed by atoms with E-state index in [-0.39, 0.29) is 36.4 Å². The normalized spacial score (nSPS) is 12.0. The van der Waals surface area contributed by atoms with Gasteiger partial charge in [0.05, 0.1) is 11.6 Å². The highest BCUT2D eigenvalue weighted by atomic mass is 16.2. The zero-order valence-corrected chi connectivity index (χ0v) is 19.4. The zero-order chi connectivity index (χ0) is 23.4. The summed E-state index contributed by atoms with van der Waals surface area (Å²) in [5.41, 5.74) is 4.48. The van der Waals surface area contributed by atoms with E-state index in [0.29, 0.717) is 24.6 Å². The van der Waals surface area contributed by atoms with Gasteiger partial charge in [0.2, 0.25) is 11.8 Å². The molecule has 2 amide bonds. The zero-order valence-electron chi connectivity index (χ0n) is 19.4. The molecule has 2 N–H and O–H groups in total. The van der Waals surface area contributed by atoms with Crippen LogP contribution in [0.3, 0.4) is 0 Å². The number of hydrogen-bond donors (Lipinski definition) is 2. The van der Waals surface area contributed by atoms with Gasteiger partial charge in [-0.3, -0.25) is 18.7 Å². The molecule has 32 heavy (non-hydrogen) atoms. The summed E-state index contributed by atoms with van der Waals surface area (Å²) in [7, 11) is 0. The highest BCUT2D eigenvalue weighted by Crippen LogP contribution is 2.19. The second-order valence-corrected chi connectivity index (χ2v) is 8.01. The number of fused-ring (bicyclic) bond motifs is 1. The Labute approximate surface area is 187 Å². The number of nitrogens with zero attached hydrogens (tertiary/aromatic N) is 3. The molecule has 0 bridgehead atoms. The Balaban J connectivity index is 1.61. The van der Waals surface area contributed by atoms with E-state index in [4.69, 9.17) is 0 Å². The lowest BCUT2D eigenvalue weighted by atomic mass is 10.00. The van der Waals surface area contributed by atoms with Crippen molar-refractivity contribution in [2.24, 2.45) is 0 Å². The SMILES string of the molecule is CCn1c(=O)n(CC)c2nc(NC(=O)CCC(=O)N[C@@H](C)c3cc(C)ccc3C)ccc21. The van der Waals surface area contributed by atoms with Gasteiger partial charge in [0, 0.05) is 25.9 Å². The third kappa shape index (κ3) is 4.90. The Hall–Kier alpha value is -3.42. The summed E-state index contributed by atoms with van der Waals surface area (Å²) < 4.78 is 3.23. The molecule has 2 heterocycles. The van der Waals surface area contributed by atoms with Gasteiger partial charge in [-0.05, 0) is 57.9 Å². The van der Waals surface area contributed by atoms with E-state index < -0.39 is 0 Å². The lowest BCUT2D eigenvalue weighted by Gasteiger charge is -2.17. The van der Waals surface area contributed by atoms with Gasteiger partial charge in [0.25, 0.3) is 0 Å². The second-order valence-electron chi connectivity index (χ2n) is 8.01. The summed E-state index contributed by atoms with van der Waals surface area (Å²) in [6.07, 6.45) is 0.122. The van der Waals surface area contributed by atoms with Crippen molar-refractivity contribution in [2.75, 3.05) is 5.32 Å². The van der Waals surface area contributed by atoms with Crippen LogP contribution in [0.4, 0.5) is 5.82 Å². The fraction of sp³-hybridized carbons (Fsp3) is 0.417. The number of rotatable bonds is 8. The number of nitrogens with one attached hydrogen (secondary N) is 2. The van der Waals surface area contributed by atoms with Crippen LogP contribution in [-0.4, -0.2) is 25.9 Å². The molecular weight excluding hydrogens is 406 g/mol. The molecule has 3 aromatic rings. The first-order chi connectivity index (χ1) is 15.2. The quantitative estimate of drug-likeness (QED) is 0.564. The minimum absolute atomic E-state index is 0.0433. The van der Waals surface area contributed by atoms with Gasteiger partial charge >= 0.3 is 5.69 Å². The predicted molar refractivity (Wildman–Crippen MR) is 126 cm³/mol. The number of aryl methyl sites for hydroxylation is 4. The average Bonchev–Trinajstić information content (AvgIpc) is 3.03. The standard InChI is InChI=1S/C24H31N5O3/c1-6-28-19-10-11-20(27-23(19)29(7-2)24(28)32)26-22(31)13-12-21(30)25-17(5)18-14-15(3)8-9-16(18)4/h8-11,14,17H,6-7,12-13H2,1-5H3,(H,25,30)(H,26,27,31)/t17-/m0/s1. The Morgan fingerprint density at radius 1 is 1.00 bits per heavy atom. The van der Waals surface area contributed by atoms with Crippen LogP contribution in [0.15, 0.2) is 35.1 Å². The van der Waals surface area contributed by atoms with Gasteiger partial charge in [-0.25, -0.2) is 9.78 Å². The van der Waals surface area contributed by atoms with Gasteiger partial charge in [0.1, 0.15) is 5.82 Å². The molecule has 0 aliphatic carbocycles. The number of anilines is 1. The van der Waals surface area contributed by atoms with Crippen molar-refractivity contribution < 1.29 is 9.59 Å². The lowest BCUT2D eigenvalue weighted by Crippen LogP contribution is -2.28. The van der Waals surface area contributed by atoms with E-state index in [1.165, 1.54) is 0 Å². The van der Waals surface area contributed by atoms with Crippen molar-refractivity contribution in [3.63, 3.8) is 0 Å². The van der Waals surface area contributed by atoms with Crippen LogP contribution in [0.2, 0.25) is 0 Å².